The SMILES string of the molecule is Cc1nc(COC(=O)c2ccn(-c3ccc(Cl)c(Cl)c3)n2)n[nH]1. The number of halogens is 2. The molecule has 118 valence electrons. The number of H-pyrrole nitrogens is 1. The third-order valence-electron chi connectivity index (χ3n) is 2.94. The van der Waals surface area contributed by atoms with Crippen molar-refractivity contribution in [2.45, 2.75) is 13.5 Å². The first kappa shape index (κ1) is 15.5. The summed E-state index contributed by atoms with van der Waals surface area (Å²) < 4.78 is 6.62. The molecule has 0 bridgehead atoms. The van der Waals surface area contributed by atoms with Crippen LogP contribution in [0.2, 0.25) is 10.0 Å². The molecule has 0 atom stereocenters. The molecule has 0 saturated carbocycles. The number of nitrogens with one attached hydrogen (secondary N) is 1. The van der Waals surface area contributed by atoms with E-state index < -0.39 is 5.97 Å². The first-order valence-electron chi connectivity index (χ1n) is 6.59. The number of aryl methyl sites for hydroxylation is 1. The van der Waals surface area contributed by atoms with E-state index in [9.17, 15) is 4.79 Å². The summed E-state index contributed by atoms with van der Waals surface area (Å²) in [5, 5.41) is 11.6. The van der Waals surface area contributed by atoms with Crippen LogP contribution in [-0.4, -0.2) is 30.9 Å². The van der Waals surface area contributed by atoms with E-state index in [1.165, 1.54) is 4.68 Å². The van der Waals surface area contributed by atoms with Crippen LogP contribution in [0, 0.1) is 6.92 Å². The van der Waals surface area contributed by atoms with Crippen molar-refractivity contribution in [1.29, 1.82) is 0 Å². The highest BCUT2D eigenvalue weighted by Gasteiger charge is 2.13. The first-order chi connectivity index (χ1) is 11.0. The number of aromatic amines is 1. The lowest BCUT2D eigenvalue weighted by atomic mass is 10.3. The second kappa shape index (κ2) is 6.39. The number of hydrogen-bond acceptors (Lipinski definition) is 5. The van der Waals surface area contributed by atoms with Crippen LogP contribution in [-0.2, 0) is 11.3 Å². The first-order valence-corrected chi connectivity index (χ1v) is 7.34. The van der Waals surface area contributed by atoms with E-state index in [4.69, 9.17) is 27.9 Å². The molecule has 2 heterocycles. The Morgan fingerprint density at radius 3 is 2.83 bits per heavy atom. The van der Waals surface area contributed by atoms with Crippen molar-refractivity contribution >= 4 is 29.2 Å². The summed E-state index contributed by atoms with van der Waals surface area (Å²) in [7, 11) is 0. The molecule has 9 heteroatoms. The van der Waals surface area contributed by atoms with Crippen molar-refractivity contribution in [3.63, 3.8) is 0 Å². The van der Waals surface area contributed by atoms with Crippen LogP contribution < -0.4 is 0 Å². The van der Waals surface area contributed by atoms with Crippen molar-refractivity contribution in [2.24, 2.45) is 0 Å². The lowest BCUT2D eigenvalue weighted by Gasteiger charge is -2.03. The fourth-order valence-corrected chi connectivity index (χ4v) is 2.15. The van der Waals surface area contributed by atoms with E-state index in [1.54, 1.807) is 37.4 Å². The Bertz CT molecular complexity index is 858. The number of carbonyl (C=O) groups excluding carboxylic acids is 1. The normalized spacial score (nSPS) is 10.7. The molecule has 0 spiro atoms. The third kappa shape index (κ3) is 3.52. The molecule has 0 aliphatic carbocycles. The van der Waals surface area contributed by atoms with E-state index in [0.717, 1.165) is 0 Å². The van der Waals surface area contributed by atoms with Crippen molar-refractivity contribution in [1.82, 2.24) is 25.0 Å². The van der Waals surface area contributed by atoms with Gasteiger partial charge in [-0.05, 0) is 31.2 Å². The summed E-state index contributed by atoms with van der Waals surface area (Å²) in [6, 6.07) is 6.60. The molecular weight excluding hydrogens is 341 g/mol. The molecule has 0 amide bonds. The number of aromatic nitrogens is 5. The van der Waals surface area contributed by atoms with Gasteiger partial charge in [0.1, 0.15) is 5.82 Å². The zero-order valence-electron chi connectivity index (χ0n) is 12.0. The quantitative estimate of drug-likeness (QED) is 0.730. The van der Waals surface area contributed by atoms with Gasteiger partial charge in [0.15, 0.2) is 18.1 Å². The Morgan fingerprint density at radius 1 is 1.30 bits per heavy atom. The highest BCUT2D eigenvalue weighted by Crippen LogP contribution is 2.24. The van der Waals surface area contributed by atoms with Gasteiger partial charge in [-0.3, -0.25) is 5.10 Å². The molecule has 1 aromatic carbocycles. The van der Waals surface area contributed by atoms with Crippen LogP contribution in [0.3, 0.4) is 0 Å². The summed E-state index contributed by atoms with van der Waals surface area (Å²) in [4.78, 5) is 16.0. The monoisotopic (exact) mass is 351 g/mol. The summed E-state index contributed by atoms with van der Waals surface area (Å²) >= 11 is 11.8. The number of rotatable bonds is 4. The molecule has 3 rings (SSSR count). The van der Waals surface area contributed by atoms with Crippen LogP contribution in [0.25, 0.3) is 5.69 Å². The zero-order chi connectivity index (χ0) is 16.4. The molecule has 7 nitrogen and oxygen atoms in total. The van der Waals surface area contributed by atoms with Crippen LogP contribution in [0.15, 0.2) is 30.5 Å². The second-order valence-electron chi connectivity index (χ2n) is 4.66. The van der Waals surface area contributed by atoms with Gasteiger partial charge in [-0.1, -0.05) is 23.2 Å². The standard InChI is InChI=1S/C14H11Cl2N5O2/c1-8-17-13(19-18-8)7-23-14(22)12-4-5-21(20-12)9-2-3-10(15)11(16)6-9/h2-6H,7H2,1H3,(H,17,18,19). The van der Waals surface area contributed by atoms with E-state index in [2.05, 4.69) is 20.3 Å². The maximum atomic E-state index is 12.0. The molecule has 0 radical (unpaired) electrons. The summed E-state index contributed by atoms with van der Waals surface area (Å²) in [6.45, 7) is 1.74. The summed E-state index contributed by atoms with van der Waals surface area (Å²) in [5.74, 6) is 0.492. The Hall–Kier alpha value is -2.38. The van der Waals surface area contributed by atoms with Crippen LogP contribution in [0.4, 0.5) is 0 Å². The third-order valence-corrected chi connectivity index (χ3v) is 3.68. The predicted octanol–water partition coefficient (Wildman–Crippen LogP) is 2.96. The number of carbonyl (C=O) groups is 1. The van der Waals surface area contributed by atoms with Gasteiger partial charge in [0.05, 0.1) is 15.7 Å². The lowest BCUT2D eigenvalue weighted by molar-refractivity contribution is 0.0455. The molecule has 0 aliphatic rings. The maximum Gasteiger partial charge on any atom is 0.359 e. The molecule has 0 saturated heterocycles. The Labute approximate surface area is 141 Å². The molecular formula is C14H11Cl2N5O2. The lowest BCUT2D eigenvalue weighted by Crippen LogP contribution is -2.08. The van der Waals surface area contributed by atoms with Gasteiger partial charge in [-0.25, -0.2) is 14.5 Å². The van der Waals surface area contributed by atoms with Gasteiger partial charge >= 0.3 is 5.97 Å². The highest BCUT2D eigenvalue weighted by molar-refractivity contribution is 6.42. The highest BCUT2D eigenvalue weighted by atomic mass is 35.5. The van der Waals surface area contributed by atoms with Gasteiger partial charge in [0.2, 0.25) is 0 Å². The predicted molar refractivity (Wildman–Crippen MR) is 83.8 cm³/mol. The molecule has 2 aromatic heterocycles. The van der Waals surface area contributed by atoms with Crippen LogP contribution >= 0.6 is 23.2 Å². The number of nitrogens with zero attached hydrogens (tertiary/aromatic N) is 4. The average molecular weight is 352 g/mol. The van der Waals surface area contributed by atoms with Crippen LogP contribution in [0.5, 0.6) is 0 Å². The molecule has 0 aliphatic heterocycles. The van der Waals surface area contributed by atoms with Crippen LogP contribution in [0.1, 0.15) is 22.1 Å². The van der Waals surface area contributed by atoms with Gasteiger partial charge in [-0.15, -0.1) is 0 Å². The number of esters is 1. The number of ether oxygens (including phenoxy) is 1. The van der Waals surface area contributed by atoms with Crippen molar-refractivity contribution in [2.75, 3.05) is 0 Å². The summed E-state index contributed by atoms with van der Waals surface area (Å²) in [5.41, 5.74) is 0.853. The minimum absolute atomic E-state index is 0.0250. The molecule has 1 N–H and O–H groups in total. The minimum Gasteiger partial charge on any atom is -0.453 e. The smallest absolute Gasteiger partial charge is 0.359 e. The minimum atomic E-state index is -0.564. The van der Waals surface area contributed by atoms with E-state index in [-0.39, 0.29) is 12.3 Å². The molecule has 0 fully saturated rings. The number of benzene rings is 1. The van der Waals surface area contributed by atoms with E-state index >= 15 is 0 Å². The molecule has 0 unspecified atom stereocenters. The summed E-state index contributed by atoms with van der Waals surface area (Å²) in [6.07, 6.45) is 1.63. The fraction of sp³-hybridized carbons (Fsp3) is 0.143. The van der Waals surface area contributed by atoms with Crippen molar-refractivity contribution in [3.8, 4) is 5.69 Å². The Balaban J connectivity index is 1.70. The van der Waals surface area contributed by atoms with Gasteiger partial charge < -0.3 is 4.74 Å². The zero-order valence-corrected chi connectivity index (χ0v) is 13.5. The molecule has 3 aromatic rings. The Kier molecular flexibility index (Phi) is 4.31. The molecule has 23 heavy (non-hydrogen) atoms. The van der Waals surface area contributed by atoms with E-state index in [0.29, 0.717) is 27.4 Å². The fourth-order valence-electron chi connectivity index (χ4n) is 1.86. The largest absolute Gasteiger partial charge is 0.453 e. The maximum absolute atomic E-state index is 12.0. The number of hydrogen-bond donors (Lipinski definition) is 1. The van der Waals surface area contributed by atoms with Gasteiger partial charge in [-0.2, -0.15) is 10.2 Å². The second-order valence-corrected chi connectivity index (χ2v) is 5.47. The van der Waals surface area contributed by atoms with Gasteiger partial charge in [0.25, 0.3) is 0 Å². The van der Waals surface area contributed by atoms with Crippen molar-refractivity contribution < 1.29 is 9.53 Å². The van der Waals surface area contributed by atoms with Gasteiger partial charge in [0, 0.05) is 6.20 Å². The van der Waals surface area contributed by atoms with Crippen molar-refractivity contribution in [3.05, 3.63) is 57.9 Å². The topological polar surface area (TPSA) is 85.7 Å². The van der Waals surface area contributed by atoms with E-state index in [1.807, 2.05) is 0 Å². The Morgan fingerprint density at radius 2 is 2.13 bits per heavy atom. The average Bonchev–Trinajstić information content (AvgIpc) is 3.17.